The van der Waals surface area contributed by atoms with E-state index >= 15 is 0 Å². The molecule has 3 heteroatoms. The van der Waals surface area contributed by atoms with Gasteiger partial charge >= 0.3 is 5.97 Å². The first-order valence-electron chi connectivity index (χ1n) is 17.7. The molecule has 236 valence electrons. The topological polar surface area (TPSA) is 35.5 Å². The van der Waals surface area contributed by atoms with E-state index in [9.17, 15) is 4.79 Å². The van der Waals surface area contributed by atoms with Crippen LogP contribution in [0.4, 0.5) is 0 Å². The summed E-state index contributed by atoms with van der Waals surface area (Å²) in [7, 11) is 0. The third-order valence-corrected chi connectivity index (χ3v) is 8.46. The molecule has 1 atom stereocenters. The van der Waals surface area contributed by atoms with Gasteiger partial charge in [-0.1, -0.05) is 160 Å². The van der Waals surface area contributed by atoms with Crippen molar-refractivity contribution in [1.29, 1.82) is 0 Å². The van der Waals surface area contributed by atoms with E-state index in [1.54, 1.807) is 0 Å². The monoisotopic (exact) mass is 578 g/mol. The Morgan fingerprint density at radius 3 is 1.60 bits per heavy atom. The second-order valence-electron chi connectivity index (χ2n) is 12.2. The standard InChI is InChI=1S/C39H62O3/c1-4-6-8-9-10-11-12-13-14-15-16-17-18-19-20-21-22-25-33-41-34(3)35-29-31-37(32-30-35)39(40)42-38-28-24-23-27-36(38)26-7-5-2/h23-24,27-32,34H,4-22,25-26,33H2,1-3H3. The van der Waals surface area contributed by atoms with Crippen molar-refractivity contribution in [3.05, 3.63) is 65.2 Å². The van der Waals surface area contributed by atoms with Crippen molar-refractivity contribution < 1.29 is 14.3 Å². The maximum atomic E-state index is 12.7. The summed E-state index contributed by atoms with van der Waals surface area (Å²) in [6, 6.07) is 15.5. The smallest absolute Gasteiger partial charge is 0.343 e. The fourth-order valence-electron chi connectivity index (χ4n) is 5.59. The molecule has 0 aliphatic rings. The number of esters is 1. The summed E-state index contributed by atoms with van der Waals surface area (Å²) in [6.45, 7) is 7.34. The number of aryl methyl sites for hydroxylation is 1. The van der Waals surface area contributed by atoms with Gasteiger partial charge in [0.1, 0.15) is 5.75 Å². The van der Waals surface area contributed by atoms with E-state index in [1.807, 2.05) is 48.5 Å². The first-order valence-corrected chi connectivity index (χ1v) is 17.7. The maximum Gasteiger partial charge on any atom is 0.343 e. The molecule has 2 aromatic rings. The number of unbranched alkanes of at least 4 members (excludes halogenated alkanes) is 18. The van der Waals surface area contributed by atoms with Crippen LogP contribution in [0, 0.1) is 0 Å². The Balaban J connectivity index is 1.46. The Kier molecular flexibility index (Phi) is 20.9. The minimum absolute atomic E-state index is 0.0237. The number of ether oxygens (including phenoxy) is 2. The molecular formula is C39H62O3. The average molecular weight is 579 g/mol. The number of rotatable bonds is 26. The van der Waals surface area contributed by atoms with Crippen LogP contribution in [-0.2, 0) is 11.2 Å². The fourth-order valence-corrected chi connectivity index (χ4v) is 5.59. The van der Waals surface area contributed by atoms with Crippen molar-refractivity contribution in [3.63, 3.8) is 0 Å². The summed E-state index contributed by atoms with van der Waals surface area (Å²) in [6.07, 6.45) is 28.2. The van der Waals surface area contributed by atoms with Crippen molar-refractivity contribution >= 4 is 5.97 Å². The summed E-state index contributed by atoms with van der Waals surface area (Å²) in [5.41, 5.74) is 2.75. The van der Waals surface area contributed by atoms with Crippen LogP contribution in [0.1, 0.15) is 177 Å². The van der Waals surface area contributed by atoms with Gasteiger partial charge in [0.05, 0.1) is 11.7 Å². The van der Waals surface area contributed by atoms with Gasteiger partial charge in [-0.15, -0.1) is 0 Å². The molecule has 2 rings (SSSR count). The maximum absolute atomic E-state index is 12.7. The number of hydrogen-bond donors (Lipinski definition) is 0. The van der Waals surface area contributed by atoms with Gasteiger partial charge in [-0.25, -0.2) is 4.79 Å². The van der Waals surface area contributed by atoms with E-state index in [2.05, 4.69) is 20.8 Å². The molecule has 1 unspecified atom stereocenters. The zero-order valence-electron chi connectivity index (χ0n) is 27.5. The van der Waals surface area contributed by atoms with Crippen LogP contribution < -0.4 is 4.74 Å². The highest BCUT2D eigenvalue weighted by Gasteiger charge is 2.13. The summed E-state index contributed by atoms with van der Waals surface area (Å²) < 4.78 is 11.8. The van der Waals surface area contributed by atoms with Gasteiger partial charge in [0, 0.05) is 6.61 Å². The van der Waals surface area contributed by atoms with Crippen LogP contribution >= 0.6 is 0 Å². The summed E-state index contributed by atoms with van der Waals surface area (Å²) >= 11 is 0. The molecule has 0 N–H and O–H groups in total. The Morgan fingerprint density at radius 1 is 0.595 bits per heavy atom. The summed E-state index contributed by atoms with van der Waals surface area (Å²) in [5.74, 6) is 0.360. The van der Waals surface area contributed by atoms with Crippen LogP contribution in [-0.4, -0.2) is 12.6 Å². The predicted octanol–water partition coefficient (Wildman–Crippen LogP) is 12.4. The highest BCUT2D eigenvalue weighted by atomic mass is 16.5. The van der Waals surface area contributed by atoms with Gasteiger partial charge in [0.25, 0.3) is 0 Å². The third-order valence-electron chi connectivity index (χ3n) is 8.46. The third kappa shape index (κ3) is 16.5. The van der Waals surface area contributed by atoms with Crippen molar-refractivity contribution in [2.24, 2.45) is 0 Å². The second-order valence-corrected chi connectivity index (χ2v) is 12.2. The fraction of sp³-hybridized carbons (Fsp3) is 0.667. The Labute approximate surface area is 259 Å². The lowest BCUT2D eigenvalue weighted by Gasteiger charge is -2.14. The number of hydrogen-bond acceptors (Lipinski definition) is 3. The molecule has 0 aromatic heterocycles. The SMILES string of the molecule is CCCCCCCCCCCCCCCCCCCCOC(C)c1ccc(C(=O)Oc2ccccc2CCCC)cc1. The van der Waals surface area contributed by atoms with E-state index < -0.39 is 0 Å². The Morgan fingerprint density at radius 2 is 1.07 bits per heavy atom. The van der Waals surface area contributed by atoms with E-state index in [-0.39, 0.29) is 12.1 Å². The van der Waals surface area contributed by atoms with Gasteiger partial charge in [-0.2, -0.15) is 0 Å². The number of benzene rings is 2. The molecule has 0 radical (unpaired) electrons. The molecule has 0 bridgehead atoms. The molecule has 42 heavy (non-hydrogen) atoms. The molecule has 2 aromatic carbocycles. The first kappa shape index (κ1) is 36.1. The van der Waals surface area contributed by atoms with Gasteiger partial charge in [0.2, 0.25) is 0 Å². The Hall–Kier alpha value is -2.13. The molecule has 0 amide bonds. The molecule has 0 heterocycles. The van der Waals surface area contributed by atoms with Gasteiger partial charge in [-0.05, 0) is 55.5 Å². The van der Waals surface area contributed by atoms with E-state index in [0.717, 1.165) is 43.4 Å². The molecular weight excluding hydrogens is 516 g/mol. The first-order chi connectivity index (χ1) is 20.7. The molecule has 3 nitrogen and oxygen atoms in total. The molecule has 0 saturated carbocycles. The zero-order chi connectivity index (χ0) is 30.1. The van der Waals surface area contributed by atoms with E-state index in [0.29, 0.717) is 11.3 Å². The quantitative estimate of drug-likeness (QED) is 0.0632. The van der Waals surface area contributed by atoms with Crippen LogP contribution in [0.5, 0.6) is 5.75 Å². The van der Waals surface area contributed by atoms with Crippen LogP contribution in [0.3, 0.4) is 0 Å². The van der Waals surface area contributed by atoms with Gasteiger partial charge < -0.3 is 9.47 Å². The molecule has 0 spiro atoms. The van der Waals surface area contributed by atoms with E-state index in [1.165, 1.54) is 109 Å². The molecule has 0 fully saturated rings. The van der Waals surface area contributed by atoms with Crippen LogP contribution in [0.25, 0.3) is 0 Å². The van der Waals surface area contributed by atoms with Crippen molar-refractivity contribution in [2.75, 3.05) is 6.61 Å². The largest absolute Gasteiger partial charge is 0.423 e. The minimum atomic E-state index is -0.308. The van der Waals surface area contributed by atoms with Crippen LogP contribution in [0.2, 0.25) is 0 Å². The highest BCUT2D eigenvalue weighted by Crippen LogP contribution is 2.23. The highest BCUT2D eigenvalue weighted by molar-refractivity contribution is 5.91. The number of para-hydroxylation sites is 1. The van der Waals surface area contributed by atoms with Crippen LogP contribution in [0.15, 0.2) is 48.5 Å². The van der Waals surface area contributed by atoms with Crippen molar-refractivity contribution in [2.45, 2.75) is 162 Å². The van der Waals surface area contributed by atoms with Gasteiger partial charge in [-0.3, -0.25) is 0 Å². The predicted molar refractivity (Wildman–Crippen MR) is 180 cm³/mol. The van der Waals surface area contributed by atoms with E-state index in [4.69, 9.17) is 9.47 Å². The summed E-state index contributed by atoms with van der Waals surface area (Å²) in [4.78, 5) is 12.7. The lowest BCUT2D eigenvalue weighted by molar-refractivity contribution is 0.0626. The molecule has 0 aliphatic carbocycles. The normalized spacial score (nSPS) is 12.0. The lowest BCUT2D eigenvalue weighted by atomic mass is 10.0. The number of carbonyl (C=O) groups excluding carboxylic acids is 1. The number of carbonyl (C=O) groups is 1. The average Bonchev–Trinajstić information content (AvgIpc) is 3.01. The molecule has 0 aliphatic heterocycles. The van der Waals surface area contributed by atoms with Crippen molar-refractivity contribution in [1.82, 2.24) is 0 Å². The Bertz CT molecular complexity index is 919. The molecule has 0 saturated heterocycles. The van der Waals surface area contributed by atoms with Crippen molar-refractivity contribution in [3.8, 4) is 5.75 Å². The summed E-state index contributed by atoms with van der Waals surface area (Å²) in [5, 5.41) is 0. The lowest BCUT2D eigenvalue weighted by Crippen LogP contribution is -2.10. The second kappa shape index (κ2) is 24.3. The minimum Gasteiger partial charge on any atom is -0.423 e. The zero-order valence-corrected chi connectivity index (χ0v) is 27.5. The van der Waals surface area contributed by atoms with Gasteiger partial charge in [0.15, 0.2) is 0 Å².